The second-order valence-electron chi connectivity index (χ2n) is 8.16. The molecule has 32 heavy (non-hydrogen) atoms. The summed E-state index contributed by atoms with van der Waals surface area (Å²) in [7, 11) is 1.54. The van der Waals surface area contributed by atoms with E-state index in [4.69, 9.17) is 4.74 Å². The van der Waals surface area contributed by atoms with E-state index < -0.39 is 0 Å². The highest BCUT2D eigenvalue weighted by Crippen LogP contribution is 2.49. The first kappa shape index (κ1) is 21.0. The van der Waals surface area contributed by atoms with Gasteiger partial charge in [0.15, 0.2) is 5.82 Å². The third-order valence-electron chi connectivity index (χ3n) is 6.07. The second-order valence-corrected chi connectivity index (χ2v) is 10.0. The summed E-state index contributed by atoms with van der Waals surface area (Å²) in [4.78, 5) is 31.5. The van der Waals surface area contributed by atoms with Gasteiger partial charge in [0.25, 0.3) is 5.91 Å². The highest BCUT2D eigenvalue weighted by Gasteiger charge is 2.56. The van der Waals surface area contributed by atoms with Crippen molar-refractivity contribution >= 4 is 34.4 Å². The molecule has 166 valence electrons. The van der Waals surface area contributed by atoms with Crippen LogP contribution in [0.2, 0.25) is 0 Å². The van der Waals surface area contributed by atoms with Crippen LogP contribution in [0.1, 0.15) is 28.2 Å². The first-order valence-electron chi connectivity index (χ1n) is 10.4. The number of alkyl halides is 1. The summed E-state index contributed by atoms with van der Waals surface area (Å²) < 4.78 is 6.50. The number of hydrogen-bond donors (Lipinski definition) is 0. The fourth-order valence-corrected chi connectivity index (χ4v) is 5.77. The molecule has 0 aromatic carbocycles. The predicted octanol–water partition coefficient (Wildman–Crippen LogP) is 2.19. The molecule has 0 saturated carbocycles. The number of carbonyl (C=O) groups excluding carboxylic acids is 1. The molecule has 2 atom stereocenters. The molecule has 0 aliphatic carbocycles. The number of rotatable bonds is 4. The number of anilines is 1. The lowest BCUT2D eigenvalue weighted by Crippen LogP contribution is -2.72. The van der Waals surface area contributed by atoms with Crippen LogP contribution in [0.4, 0.5) is 5.95 Å². The monoisotopic (exact) mass is 546 g/mol. The molecule has 5 heterocycles. The van der Waals surface area contributed by atoms with Gasteiger partial charge in [0.2, 0.25) is 11.8 Å². The lowest BCUT2D eigenvalue weighted by Gasteiger charge is -2.59. The van der Waals surface area contributed by atoms with Gasteiger partial charge in [-0.05, 0) is 32.4 Å². The van der Waals surface area contributed by atoms with Crippen LogP contribution in [-0.4, -0.2) is 71.0 Å². The number of halogens is 1. The molecule has 0 N–H and O–H groups in total. The Balaban J connectivity index is 1.44. The van der Waals surface area contributed by atoms with Gasteiger partial charge in [0.05, 0.1) is 31.6 Å². The molecule has 3 aromatic rings. The molecule has 0 radical (unpaired) electrons. The minimum Gasteiger partial charge on any atom is -0.481 e. The molecule has 1 amide bonds. The average molecular weight is 546 g/mol. The van der Waals surface area contributed by atoms with Crippen LogP contribution in [0, 0.1) is 19.8 Å². The highest BCUT2D eigenvalue weighted by molar-refractivity contribution is 14.1. The van der Waals surface area contributed by atoms with Crippen LogP contribution < -0.4 is 9.64 Å². The number of likely N-dealkylation sites (tertiary alicyclic amines) is 1. The zero-order chi connectivity index (χ0) is 22.5. The molecule has 2 saturated heterocycles. The quantitative estimate of drug-likeness (QED) is 0.279. The Labute approximate surface area is 199 Å². The molecule has 0 bridgehead atoms. The number of methoxy groups -OCH3 is 1. The fraction of sp³-hybridized carbons (Fsp3) is 0.429. The molecular weight excluding hydrogens is 523 g/mol. The van der Waals surface area contributed by atoms with E-state index in [9.17, 15) is 4.79 Å². The van der Waals surface area contributed by atoms with Crippen molar-refractivity contribution in [1.82, 2.24) is 34.8 Å². The van der Waals surface area contributed by atoms with Crippen LogP contribution in [0.5, 0.6) is 5.88 Å². The maximum atomic E-state index is 13.6. The average Bonchev–Trinajstić information content (AvgIpc) is 3.30. The van der Waals surface area contributed by atoms with Crippen molar-refractivity contribution in [2.24, 2.45) is 5.92 Å². The van der Waals surface area contributed by atoms with Crippen LogP contribution in [0.15, 0.2) is 30.6 Å². The van der Waals surface area contributed by atoms with E-state index in [1.54, 1.807) is 31.6 Å². The second kappa shape index (κ2) is 7.94. The Bertz CT molecular complexity index is 1150. The maximum absolute atomic E-state index is 13.6. The van der Waals surface area contributed by atoms with E-state index >= 15 is 0 Å². The van der Waals surface area contributed by atoms with Gasteiger partial charge in [-0.2, -0.15) is 4.98 Å². The number of piperidine rings is 1. The van der Waals surface area contributed by atoms with Crippen LogP contribution >= 0.6 is 22.6 Å². The number of pyridine rings is 1. The molecule has 10 nitrogen and oxygen atoms in total. The third kappa shape index (κ3) is 3.48. The smallest absolute Gasteiger partial charge is 0.257 e. The van der Waals surface area contributed by atoms with Gasteiger partial charge in [0.1, 0.15) is 3.55 Å². The minimum absolute atomic E-state index is 0.0895. The van der Waals surface area contributed by atoms with Gasteiger partial charge in [-0.1, -0.05) is 27.8 Å². The molecule has 0 spiro atoms. The van der Waals surface area contributed by atoms with E-state index in [2.05, 4.69) is 52.8 Å². The summed E-state index contributed by atoms with van der Waals surface area (Å²) >= 11 is 2.48. The summed E-state index contributed by atoms with van der Waals surface area (Å²) in [6, 6.07) is 5.40. The number of nitrogens with zero attached hydrogens (tertiary/aromatic N) is 8. The number of aromatic nitrogens is 6. The zero-order valence-electron chi connectivity index (χ0n) is 18.1. The van der Waals surface area contributed by atoms with E-state index in [0.29, 0.717) is 36.3 Å². The van der Waals surface area contributed by atoms with Crippen molar-refractivity contribution in [3.05, 3.63) is 47.5 Å². The van der Waals surface area contributed by atoms with Crippen molar-refractivity contribution < 1.29 is 9.53 Å². The van der Waals surface area contributed by atoms with Gasteiger partial charge < -0.3 is 14.5 Å². The predicted molar refractivity (Wildman–Crippen MR) is 125 cm³/mol. The van der Waals surface area contributed by atoms with Gasteiger partial charge >= 0.3 is 0 Å². The van der Waals surface area contributed by atoms with E-state index in [1.807, 2.05) is 24.8 Å². The molecule has 2 aliphatic heterocycles. The van der Waals surface area contributed by atoms with Crippen molar-refractivity contribution in [2.75, 3.05) is 31.6 Å². The number of ether oxygens (including phenoxy) is 1. The molecule has 11 heteroatoms. The summed E-state index contributed by atoms with van der Waals surface area (Å²) in [5, 5.41) is 7.87. The largest absolute Gasteiger partial charge is 0.481 e. The first-order chi connectivity index (χ1) is 15.4. The number of amides is 1. The lowest BCUT2D eigenvalue weighted by atomic mass is 9.82. The summed E-state index contributed by atoms with van der Waals surface area (Å²) in [5.41, 5.74) is 2.35. The highest BCUT2D eigenvalue weighted by atomic mass is 127. The van der Waals surface area contributed by atoms with Gasteiger partial charge in [-0.25, -0.2) is 14.6 Å². The van der Waals surface area contributed by atoms with Crippen LogP contribution in [-0.2, 0) is 0 Å². The van der Waals surface area contributed by atoms with Gasteiger partial charge in [-0.3, -0.25) is 4.79 Å². The Hall–Kier alpha value is -2.83. The molecule has 1 unspecified atom stereocenters. The molecule has 2 aliphatic rings. The number of carbonyl (C=O) groups is 1. The van der Waals surface area contributed by atoms with Crippen molar-refractivity contribution in [3.63, 3.8) is 0 Å². The minimum atomic E-state index is -0.237. The Morgan fingerprint density at radius 3 is 2.69 bits per heavy atom. The first-order valence-corrected chi connectivity index (χ1v) is 11.5. The summed E-state index contributed by atoms with van der Waals surface area (Å²) in [6.07, 6.45) is 4.14. The van der Waals surface area contributed by atoms with Crippen LogP contribution in [0.25, 0.3) is 5.82 Å². The van der Waals surface area contributed by atoms with Crippen molar-refractivity contribution in [3.8, 4) is 11.7 Å². The number of aryl methyl sites for hydroxylation is 2. The normalized spacial score (nSPS) is 22.3. The third-order valence-corrected chi connectivity index (χ3v) is 7.87. The van der Waals surface area contributed by atoms with E-state index in [-0.39, 0.29) is 9.45 Å². The fourth-order valence-electron chi connectivity index (χ4n) is 4.43. The molecule has 3 aromatic heterocycles. The Morgan fingerprint density at radius 1 is 1.22 bits per heavy atom. The van der Waals surface area contributed by atoms with Gasteiger partial charge in [-0.15, -0.1) is 5.10 Å². The lowest BCUT2D eigenvalue weighted by molar-refractivity contribution is 0.0564. The molecule has 5 rings (SSSR count). The van der Waals surface area contributed by atoms with Crippen molar-refractivity contribution in [1.29, 1.82) is 0 Å². The zero-order valence-corrected chi connectivity index (χ0v) is 20.2. The SMILES string of the molecule is COc1ccc(C(=O)N2CCC3CN(c4nc(C)cc(C)n4)[C@]3(I)C2)c(-n2ccnn2)n1. The molecule has 2 fully saturated rings. The summed E-state index contributed by atoms with van der Waals surface area (Å²) in [5.74, 6) is 1.94. The van der Waals surface area contributed by atoms with Crippen molar-refractivity contribution in [2.45, 2.75) is 23.8 Å². The maximum Gasteiger partial charge on any atom is 0.257 e. The Kier molecular flexibility index (Phi) is 5.22. The Morgan fingerprint density at radius 2 is 2.00 bits per heavy atom. The van der Waals surface area contributed by atoms with E-state index in [1.165, 1.54) is 4.68 Å². The standard InChI is InChI=1S/C21H23IN8O2/c1-13-10-14(2)25-20(24-13)29-11-15-6-8-28(12-21(15,29)22)19(31)16-4-5-17(32-3)26-18(16)30-9-7-23-27-30/h4-5,7,9-10,15H,6,8,11-12H2,1-3H3/t15?,21-/m1/s1. The van der Waals surface area contributed by atoms with Gasteiger partial charge in [0, 0.05) is 36.5 Å². The summed E-state index contributed by atoms with van der Waals surface area (Å²) in [6.45, 7) is 6.14. The number of hydrogen-bond acceptors (Lipinski definition) is 8. The number of fused-ring (bicyclic) bond motifs is 1. The topological polar surface area (TPSA) is 102 Å². The molecular formula is C21H23IN8O2. The van der Waals surface area contributed by atoms with Crippen LogP contribution in [0.3, 0.4) is 0 Å². The van der Waals surface area contributed by atoms with E-state index in [0.717, 1.165) is 30.3 Å².